The second-order valence-electron chi connectivity index (χ2n) is 5.33. The summed E-state index contributed by atoms with van der Waals surface area (Å²) in [6.07, 6.45) is 0.262. The highest BCUT2D eigenvalue weighted by Crippen LogP contribution is 2.19. The van der Waals surface area contributed by atoms with Gasteiger partial charge in [-0.15, -0.1) is 0 Å². The lowest BCUT2D eigenvalue weighted by Gasteiger charge is -2.17. The van der Waals surface area contributed by atoms with Crippen molar-refractivity contribution in [3.8, 4) is 11.8 Å². The van der Waals surface area contributed by atoms with Crippen LogP contribution in [-0.2, 0) is 4.79 Å². The fraction of sp³-hybridized carbons (Fsp3) is 0.211. The van der Waals surface area contributed by atoms with E-state index >= 15 is 0 Å². The van der Waals surface area contributed by atoms with Crippen LogP contribution in [0.4, 0.5) is 5.69 Å². The van der Waals surface area contributed by atoms with Crippen LogP contribution in [0.15, 0.2) is 54.6 Å². The number of likely N-dealkylation sites (N-methyl/N-ethyl adjacent to an activating group) is 1. The minimum Gasteiger partial charge on any atom is -0.483 e. The van der Waals surface area contributed by atoms with Crippen molar-refractivity contribution in [2.45, 2.75) is 6.42 Å². The molecule has 2 amide bonds. The Morgan fingerprint density at radius 2 is 1.80 bits per heavy atom. The zero-order valence-electron chi connectivity index (χ0n) is 13.9. The van der Waals surface area contributed by atoms with Gasteiger partial charge in [0, 0.05) is 19.3 Å². The molecule has 0 bridgehead atoms. The van der Waals surface area contributed by atoms with E-state index in [1.54, 1.807) is 43.4 Å². The molecule has 6 heteroatoms. The van der Waals surface area contributed by atoms with Gasteiger partial charge < -0.3 is 15.0 Å². The van der Waals surface area contributed by atoms with Gasteiger partial charge in [-0.3, -0.25) is 9.59 Å². The highest BCUT2D eigenvalue weighted by atomic mass is 16.5. The predicted octanol–water partition coefficient (Wildman–Crippen LogP) is 2.69. The zero-order valence-corrected chi connectivity index (χ0v) is 13.9. The average Bonchev–Trinajstić information content (AvgIpc) is 2.65. The number of ether oxygens (including phenoxy) is 1. The molecule has 0 aliphatic carbocycles. The molecule has 0 atom stereocenters. The van der Waals surface area contributed by atoms with Crippen LogP contribution in [0.2, 0.25) is 0 Å². The number of nitrogens with zero attached hydrogens (tertiary/aromatic N) is 2. The van der Waals surface area contributed by atoms with Crippen molar-refractivity contribution in [1.29, 1.82) is 5.26 Å². The zero-order chi connectivity index (χ0) is 18.1. The molecule has 0 aliphatic rings. The second-order valence-corrected chi connectivity index (χ2v) is 5.33. The molecule has 0 aliphatic heterocycles. The van der Waals surface area contributed by atoms with E-state index in [4.69, 9.17) is 10.00 Å². The minimum absolute atomic E-state index is 0.197. The Bertz CT molecular complexity index is 769. The first-order chi connectivity index (χ1) is 12.1. The van der Waals surface area contributed by atoms with Crippen molar-refractivity contribution >= 4 is 17.5 Å². The van der Waals surface area contributed by atoms with E-state index in [-0.39, 0.29) is 24.8 Å². The number of nitriles is 1. The van der Waals surface area contributed by atoms with E-state index in [2.05, 4.69) is 5.32 Å². The summed E-state index contributed by atoms with van der Waals surface area (Å²) in [7, 11) is 1.61. The number of carbonyl (C=O) groups is 2. The summed E-state index contributed by atoms with van der Waals surface area (Å²) in [5.41, 5.74) is 1.02. The van der Waals surface area contributed by atoms with E-state index in [1.165, 1.54) is 4.90 Å². The Labute approximate surface area is 146 Å². The molecule has 0 saturated heterocycles. The van der Waals surface area contributed by atoms with Crippen molar-refractivity contribution in [3.05, 3.63) is 60.2 Å². The quantitative estimate of drug-likeness (QED) is 0.842. The van der Waals surface area contributed by atoms with E-state index in [1.807, 2.05) is 24.3 Å². The van der Waals surface area contributed by atoms with E-state index < -0.39 is 0 Å². The standard InChI is InChI=1S/C19H19N3O3/c1-22(13-7-12-20)18(23)14-25-17-11-6-5-10-16(17)19(24)21-15-8-3-2-4-9-15/h2-6,8-11H,7,13-14H2,1H3,(H,21,24). The molecular formula is C19H19N3O3. The van der Waals surface area contributed by atoms with Crippen LogP contribution in [0.1, 0.15) is 16.8 Å². The molecule has 2 rings (SSSR count). The molecule has 0 radical (unpaired) electrons. The molecule has 25 heavy (non-hydrogen) atoms. The summed E-state index contributed by atoms with van der Waals surface area (Å²) in [4.78, 5) is 25.8. The molecule has 0 spiro atoms. The molecule has 2 aromatic carbocycles. The Kier molecular flexibility index (Phi) is 6.55. The van der Waals surface area contributed by atoms with Crippen molar-refractivity contribution in [2.75, 3.05) is 25.5 Å². The van der Waals surface area contributed by atoms with Crippen LogP contribution in [0.3, 0.4) is 0 Å². The largest absolute Gasteiger partial charge is 0.483 e. The fourth-order valence-corrected chi connectivity index (χ4v) is 2.09. The van der Waals surface area contributed by atoms with Crippen molar-refractivity contribution in [1.82, 2.24) is 4.90 Å². The van der Waals surface area contributed by atoms with E-state index in [9.17, 15) is 9.59 Å². The first kappa shape index (κ1) is 18.0. The number of carbonyl (C=O) groups excluding carboxylic acids is 2. The number of nitrogens with one attached hydrogen (secondary N) is 1. The summed E-state index contributed by atoms with van der Waals surface area (Å²) >= 11 is 0. The molecule has 0 saturated carbocycles. The normalized spacial score (nSPS) is 9.76. The number of hydrogen-bond acceptors (Lipinski definition) is 4. The Morgan fingerprint density at radius 3 is 2.52 bits per heavy atom. The maximum absolute atomic E-state index is 12.4. The Hall–Kier alpha value is -3.33. The third-order valence-corrected chi connectivity index (χ3v) is 3.50. The summed E-state index contributed by atoms with van der Waals surface area (Å²) in [5, 5.41) is 11.3. The minimum atomic E-state index is -0.313. The highest BCUT2D eigenvalue weighted by Gasteiger charge is 2.15. The Balaban J connectivity index is 2.01. The summed E-state index contributed by atoms with van der Waals surface area (Å²) < 4.78 is 5.52. The smallest absolute Gasteiger partial charge is 0.260 e. The van der Waals surface area contributed by atoms with Gasteiger partial charge >= 0.3 is 0 Å². The molecule has 0 aromatic heterocycles. The lowest BCUT2D eigenvalue weighted by atomic mass is 10.2. The number of amides is 2. The van der Waals surface area contributed by atoms with Gasteiger partial charge in [0.25, 0.3) is 11.8 Å². The van der Waals surface area contributed by atoms with Crippen molar-refractivity contribution in [2.24, 2.45) is 0 Å². The number of benzene rings is 2. The summed E-state index contributed by atoms with van der Waals surface area (Å²) in [6, 6.07) is 17.8. The number of hydrogen-bond donors (Lipinski definition) is 1. The molecule has 0 fully saturated rings. The molecule has 6 nitrogen and oxygen atoms in total. The second kappa shape index (κ2) is 9.08. The summed E-state index contributed by atoms with van der Waals surface area (Å²) in [5.74, 6) is -0.237. The van der Waals surface area contributed by atoms with Crippen molar-refractivity contribution in [3.63, 3.8) is 0 Å². The van der Waals surface area contributed by atoms with Crippen LogP contribution >= 0.6 is 0 Å². The molecule has 128 valence electrons. The number of anilines is 1. The average molecular weight is 337 g/mol. The van der Waals surface area contributed by atoms with Gasteiger partial charge in [-0.05, 0) is 24.3 Å². The van der Waals surface area contributed by atoms with Crippen LogP contribution < -0.4 is 10.1 Å². The van der Waals surface area contributed by atoms with E-state index in [0.29, 0.717) is 23.5 Å². The molecular weight excluding hydrogens is 318 g/mol. The van der Waals surface area contributed by atoms with Gasteiger partial charge in [-0.1, -0.05) is 30.3 Å². The Morgan fingerprint density at radius 1 is 1.12 bits per heavy atom. The first-order valence-electron chi connectivity index (χ1n) is 7.81. The lowest BCUT2D eigenvalue weighted by Crippen LogP contribution is -2.32. The topological polar surface area (TPSA) is 82.4 Å². The van der Waals surface area contributed by atoms with Gasteiger partial charge in [0.05, 0.1) is 18.1 Å². The van der Waals surface area contributed by atoms with Gasteiger partial charge in [0.15, 0.2) is 6.61 Å². The predicted molar refractivity (Wildman–Crippen MR) is 94.2 cm³/mol. The van der Waals surface area contributed by atoms with Crippen LogP contribution in [0, 0.1) is 11.3 Å². The maximum atomic E-state index is 12.4. The van der Waals surface area contributed by atoms with Crippen LogP contribution in [-0.4, -0.2) is 36.9 Å². The van der Waals surface area contributed by atoms with Gasteiger partial charge in [-0.25, -0.2) is 0 Å². The van der Waals surface area contributed by atoms with Gasteiger partial charge in [0.2, 0.25) is 0 Å². The summed E-state index contributed by atoms with van der Waals surface area (Å²) in [6.45, 7) is 0.145. The third-order valence-electron chi connectivity index (χ3n) is 3.50. The van der Waals surface area contributed by atoms with E-state index in [0.717, 1.165) is 0 Å². The first-order valence-corrected chi connectivity index (χ1v) is 7.81. The molecule has 0 unspecified atom stereocenters. The van der Waals surface area contributed by atoms with Gasteiger partial charge in [0.1, 0.15) is 5.75 Å². The SMILES string of the molecule is CN(CCC#N)C(=O)COc1ccccc1C(=O)Nc1ccccc1. The molecule has 2 aromatic rings. The third kappa shape index (κ3) is 5.36. The highest BCUT2D eigenvalue weighted by molar-refractivity contribution is 6.06. The molecule has 1 N–H and O–H groups in total. The van der Waals surface area contributed by atoms with Gasteiger partial charge in [-0.2, -0.15) is 5.26 Å². The maximum Gasteiger partial charge on any atom is 0.260 e. The van der Waals surface area contributed by atoms with Crippen LogP contribution in [0.5, 0.6) is 5.75 Å². The molecule has 0 heterocycles. The van der Waals surface area contributed by atoms with Crippen molar-refractivity contribution < 1.29 is 14.3 Å². The lowest BCUT2D eigenvalue weighted by molar-refractivity contribution is -0.132. The van der Waals surface area contributed by atoms with Crippen LogP contribution in [0.25, 0.3) is 0 Å². The number of para-hydroxylation sites is 2. The monoisotopic (exact) mass is 337 g/mol. The number of rotatable bonds is 7. The fourth-order valence-electron chi connectivity index (χ4n) is 2.09.